The first-order chi connectivity index (χ1) is 11.7. The zero-order valence-electron chi connectivity index (χ0n) is 13.7. The molecule has 0 saturated carbocycles. The molecule has 122 valence electrons. The Kier molecular flexibility index (Phi) is 4.70. The Balaban J connectivity index is 1.88. The summed E-state index contributed by atoms with van der Waals surface area (Å²) >= 11 is 0. The van der Waals surface area contributed by atoms with E-state index in [4.69, 9.17) is 0 Å². The van der Waals surface area contributed by atoms with Gasteiger partial charge in [-0.05, 0) is 49.7 Å². The van der Waals surface area contributed by atoms with Gasteiger partial charge >= 0.3 is 0 Å². The molecule has 1 heterocycles. The van der Waals surface area contributed by atoms with Gasteiger partial charge < -0.3 is 10.2 Å². The van der Waals surface area contributed by atoms with E-state index in [1.165, 1.54) is 24.0 Å². The summed E-state index contributed by atoms with van der Waals surface area (Å²) < 4.78 is 13.3. The van der Waals surface area contributed by atoms with Crippen molar-refractivity contribution in [1.29, 1.82) is 0 Å². The molecule has 0 radical (unpaired) electrons. The normalized spacial score (nSPS) is 10.5. The highest BCUT2D eigenvalue weighted by atomic mass is 19.1. The Bertz CT molecular complexity index is 835. The van der Waals surface area contributed by atoms with Crippen LogP contribution in [0, 0.1) is 12.7 Å². The third-order valence-corrected chi connectivity index (χ3v) is 3.66. The summed E-state index contributed by atoms with van der Waals surface area (Å²) in [7, 11) is 0. The average molecular weight is 322 g/mol. The molecule has 5 heteroatoms. The maximum absolute atomic E-state index is 13.3. The molecule has 0 bridgehead atoms. The summed E-state index contributed by atoms with van der Waals surface area (Å²) in [5.41, 5.74) is 2.92. The number of aryl methyl sites for hydroxylation is 1. The lowest BCUT2D eigenvalue weighted by Crippen LogP contribution is -2.17. The molecule has 0 aliphatic rings. The number of nitrogens with zero attached hydrogens (tertiary/aromatic N) is 3. The van der Waals surface area contributed by atoms with Crippen molar-refractivity contribution in [2.75, 3.05) is 16.8 Å². The van der Waals surface area contributed by atoms with E-state index in [1.807, 2.05) is 12.1 Å². The van der Waals surface area contributed by atoms with Crippen molar-refractivity contribution in [2.24, 2.45) is 0 Å². The van der Waals surface area contributed by atoms with Crippen LogP contribution in [0.2, 0.25) is 0 Å². The fraction of sp³-hybridized carbons (Fsp3) is 0.158. The number of halogens is 1. The van der Waals surface area contributed by atoms with Crippen LogP contribution < -0.4 is 10.2 Å². The molecule has 0 amide bonds. The number of benzene rings is 2. The number of nitrogens with one attached hydrogen (secondary N) is 1. The lowest BCUT2D eigenvalue weighted by molar-refractivity contribution is 0.628. The Labute approximate surface area is 141 Å². The first kappa shape index (κ1) is 15.9. The molecule has 0 saturated heterocycles. The van der Waals surface area contributed by atoms with E-state index in [2.05, 4.69) is 52.2 Å². The lowest BCUT2D eigenvalue weighted by Gasteiger charge is -2.22. The van der Waals surface area contributed by atoms with Gasteiger partial charge in [-0.3, -0.25) is 0 Å². The molecular weight excluding hydrogens is 303 g/mol. The predicted molar refractivity (Wildman–Crippen MR) is 95.6 cm³/mol. The van der Waals surface area contributed by atoms with Gasteiger partial charge in [-0.2, -0.15) is 0 Å². The number of aromatic nitrogens is 2. The highest BCUT2D eigenvalue weighted by Gasteiger charge is 2.10. The minimum atomic E-state index is -0.288. The zero-order chi connectivity index (χ0) is 16.9. The first-order valence-corrected chi connectivity index (χ1v) is 7.84. The second kappa shape index (κ2) is 7.08. The van der Waals surface area contributed by atoms with Gasteiger partial charge in [0.1, 0.15) is 23.8 Å². The summed E-state index contributed by atoms with van der Waals surface area (Å²) in [4.78, 5) is 10.7. The third-order valence-electron chi connectivity index (χ3n) is 3.66. The van der Waals surface area contributed by atoms with E-state index >= 15 is 0 Å². The minimum Gasteiger partial charge on any atom is -0.340 e. The van der Waals surface area contributed by atoms with E-state index in [0.717, 1.165) is 18.1 Å². The van der Waals surface area contributed by atoms with Crippen molar-refractivity contribution < 1.29 is 4.39 Å². The van der Waals surface area contributed by atoms with Gasteiger partial charge in [0.15, 0.2) is 0 Å². The van der Waals surface area contributed by atoms with Crippen molar-refractivity contribution in [3.05, 3.63) is 72.3 Å². The van der Waals surface area contributed by atoms with Gasteiger partial charge in [-0.15, -0.1) is 0 Å². The molecule has 0 aliphatic carbocycles. The molecule has 1 aromatic heterocycles. The predicted octanol–water partition coefficient (Wildman–Crippen LogP) is 4.83. The van der Waals surface area contributed by atoms with Crippen LogP contribution in [0.25, 0.3) is 0 Å². The van der Waals surface area contributed by atoms with Crippen molar-refractivity contribution >= 4 is 23.0 Å². The SMILES string of the molecule is CCN(c1cccc(C)c1)c1cc(Nc2cccc(F)c2)ncn1. The van der Waals surface area contributed by atoms with Gasteiger partial charge in [0.25, 0.3) is 0 Å². The fourth-order valence-electron chi connectivity index (χ4n) is 2.55. The summed E-state index contributed by atoms with van der Waals surface area (Å²) in [5.74, 6) is 1.12. The quantitative estimate of drug-likeness (QED) is 0.731. The number of anilines is 4. The van der Waals surface area contributed by atoms with Gasteiger partial charge in [0, 0.05) is 24.0 Å². The highest BCUT2D eigenvalue weighted by molar-refractivity contribution is 5.65. The van der Waals surface area contributed by atoms with Crippen molar-refractivity contribution in [1.82, 2.24) is 9.97 Å². The molecule has 2 aromatic carbocycles. The van der Waals surface area contributed by atoms with Crippen LogP contribution in [0.3, 0.4) is 0 Å². The van der Waals surface area contributed by atoms with E-state index in [9.17, 15) is 4.39 Å². The number of hydrogen-bond donors (Lipinski definition) is 1. The van der Waals surface area contributed by atoms with Gasteiger partial charge in [0.05, 0.1) is 0 Å². The smallest absolute Gasteiger partial charge is 0.138 e. The third kappa shape index (κ3) is 3.68. The number of hydrogen-bond acceptors (Lipinski definition) is 4. The standard InChI is InChI=1S/C19H19FN4/c1-3-24(17-9-4-6-14(2)10-17)19-12-18(21-13-22-19)23-16-8-5-7-15(20)11-16/h4-13H,3H2,1-2H3,(H,21,22,23). The maximum Gasteiger partial charge on any atom is 0.138 e. The van der Waals surface area contributed by atoms with E-state index in [-0.39, 0.29) is 5.82 Å². The van der Waals surface area contributed by atoms with E-state index in [0.29, 0.717) is 11.5 Å². The minimum absolute atomic E-state index is 0.288. The van der Waals surface area contributed by atoms with Crippen LogP contribution in [-0.2, 0) is 0 Å². The molecule has 0 spiro atoms. The summed E-state index contributed by atoms with van der Waals surface area (Å²) in [6, 6.07) is 16.4. The second-order valence-electron chi connectivity index (χ2n) is 5.48. The molecule has 3 rings (SSSR count). The highest BCUT2D eigenvalue weighted by Crippen LogP contribution is 2.26. The van der Waals surface area contributed by atoms with E-state index in [1.54, 1.807) is 12.1 Å². The Hall–Kier alpha value is -2.95. The van der Waals surface area contributed by atoms with Crippen molar-refractivity contribution in [2.45, 2.75) is 13.8 Å². The Morgan fingerprint density at radius 2 is 1.88 bits per heavy atom. The largest absolute Gasteiger partial charge is 0.340 e. The molecule has 0 unspecified atom stereocenters. The molecule has 3 aromatic rings. The molecule has 0 aliphatic heterocycles. The lowest BCUT2D eigenvalue weighted by atomic mass is 10.2. The monoisotopic (exact) mass is 322 g/mol. The maximum atomic E-state index is 13.3. The number of rotatable bonds is 5. The molecule has 4 nitrogen and oxygen atoms in total. The Morgan fingerprint density at radius 1 is 1.04 bits per heavy atom. The second-order valence-corrected chi connectivity index (χ2v) is 5.48. The first-order valence-electron chi connectivity index (χ1n) is 7.84. The average Bonchev–Trinajstić information content (AvgIpc) is 2.56. The van der Waals surface area contributed by atoms with E-state index < -0.39 is 0 Å². The zero-order valence-corrected chi connectivity index (χ0v) is 13.7. The van der Waals surface area contributed by atoms with Crippen LogP contribution in [0.5, 0.6) is 0 Å². The van der Waals surface area contributed by atoms with Gasteiger partial charge in [-0.1, -0.05) is 18.2 Å². The van der Waals surface area contributed by atoms with Crippen molar-refractivity contribution in [3.63, 3.8) is 0 Å². The van der Waals surface area contributed by atoms with Crippen LogP contribution in [-0.4, -0.2) is 16.5 Å². The van der Waals surface area contributed by atoms with Gasteiger partial charge in [-0.25, -0.2) is 14.4 Å². The van der Waals surface area contributed by atoms with Gasteiger partial charge in [0.2, 0.25) is 0 Å². The van der Waals surface area contributed by atoms with Crippen molar-refractivity contribution in [3.8, 4) is 0 Å². The summed E-state index contributed by atoms with van der Waals surface area (Å²) in [6.07, 6.45) is 1.51. The summed E-state index contributed by atoms with van der Waals surface area (Å²) in [5, 5.41) is 3.11. The molecule has 1 N–H and O–H groups in total. The van der Waals surface area contributed by atoms with Crippen LogP contribution in [0.4, 0.5) is 27.4 Å². The fourth-order valence-corrected chi connectivity index (χ4v) is 2.55. The van der Waals surface area contributed by atoms with Crippen LogP contribution in [0.1, 0.15) is 12.5 Å². The molecular formula is C19H19FN4. The summed E-state index contributed by atoms with van der Waals surface area (Å²) in [6.45, 7) is 4.91. The van der Waals surface area contributed by atoms with Crippen LogP contribution >= 0.6 is 0 Å². The molecule has 0 fully saturated rings. The molecule has 24 heavy (non-hydrogen) atoms. The topological polar surface area (TPSA) is 41.0 Å². The van der Waals surface area contributed by atoms with Crippen LogP contribution in [0.15, 0.2) is 60.9 Å². The molecule has 0 atom stereocenters. The Morgan fingerprint density at radius 3 is 2.62 bits per heavy atom.